The number of nitrogens with two attached hydrogens (primary N) is 1. The molecule has 0 radical (unpaired) electrons. The minimum atomic E-state index is -4.88. The molecule has 0 saturated heterocycles. The van der Waals surface area contributed by atoms with Crippen molar-refractivity contribution in [3.63, 3.8) is 0 Å². The number of alkyl halides is 3. The van der Waals surface area contributed by atoms with Gasteiger partial charge in [0.05, 0.1) is 6.42 Å². The van der Waals surface area contributed by atoms with Gasteiger partial charge in [0.1, 0.15) is 0 Å². The van der Waals surface area contributed by atoms with Gasteiger partial charge >= 0.3 is 6.18 Å². The molecule has 3 rings (SSSR count). The lowest BCUT2D eigenvalue weighted by atomic mass is 9.89. The van der Waals surface area contributed by atoms with Gasteiger partial charge in [-0.2, -0.15) is 13.2 Å². The molecule has 6 heteroatoms. The van der Waals surface area contributed by atoms with E-state index in [1.165, 1.54) is 30.3 Å². The van der Waals surface area contributed by atoms with E-state index in [9.17, 15) is 23.1 Å². The third-order valence-corrected chi connectivity index (χ3v) is 3.87. The van der Waals surface area contributed by atoms with Crippen molar-refractivity contribution in [1.29, 1.82) is 0 Å². The molecule has 1 amide bonds. The number of rotatable bonds is 2. The first-order valence-corrected chi connectivity index (χ1v) is 6.56. The van der Waals surface area contributed by atoms with E-state index in [0.29, 0.717) is 16.7 Å². The van der Waals surface area contributed by atoms with E-state index in [2.05, 4.69) is 0 Å². The summed E-state index contributed by atoms with van der Waals surface area (Å²) in [5.74, 6) is -0.647. The van der Waals surface area contributed by atoms with Gasteiger partial charge in [-0.05, 0) is 16.7 Å². The van der Waals surface area contributed by atoms with Crippen LogP contribution in [0.4, 0.5) is 13.2 Å². The van der Waals surface area contributed by atoms with E-state index in [4.69, 9.17) is 5.73 Å². The number of hydrogen-bond acceptors (Lipinski definition) is 2. The summed E-state index contributed by atoms with van der Waals surface area (Å²) in [5, 5.41) is 10.4. The highest BCUT2D eigenvalue weighted by molar-refractivity contribution is 5.82. The van der Waals surface area contributed by atoms with Gasteiger partial charge in [0.15, 0.2) is 0 Å². The molecule has 114 valence electrons. The minimum absolute atomic E-state index is 0.183. The maximum atomic E-state index is 13.6. The van der Waals surface area contributed by atoms with E-state index in [1.54, 1.807) is 12.1 Å². The van der Waals surface area contributed by atoms with Crippen LogP contribution in [0.3, 0.4) is 0 Å². The summed E-state index contributed by atoms with van der Waals surface area (Å²) < 4.78 is 40.7. The van der Waals surface area contributed by atoms with Crippen molar-refractivity contribution in [3.05, 3.63) is 59.2 Å². The highest BCUT2D eigenvalue weighted by Crippen LogP contribution is 2.54. The van der Waals surface area contributed by atoms with Gasteiger partial charge in [-0.3, -0.25) is 4.79 Å². The fourth-order valence-electron chi connectivity index (χ4n) is 2.92. The molecule has 3 nitrogen and oxygen atoms in total. The summed E-state index contributed by atoms with van der Waals surface area (Å²) in [6.45, 7) is 0. The summed E-state index contributed by atoms with van der Waals surface area (Å²) in [4.78, 5) is 11.0. The quantitative estimate of drug-likeness (QED) is 0.895. The molecule has 22 heavy (non-hydrogen) atoms. The first-order chi connectivity index (χ1) is 10.2. The third kappa shape index (κ3) is 1.91. The third-order valence-electron chi connectivity index (χ3n) is 3.87. The number of carbonyl (C=O) groups excluding carboxylic acids is 1. The summed E-state index contributed by atoms with van der Waals surface area (Å²) in [6.07, 6.45) is -5.06. The van der Waals surface area contributed by atoms with Crippen LogP contribution in [-0.4, -0.2) is 17.2 Å². The Morgan fingerprint density at radius 1 is 1.09 bits per heavy atom. The normalized spacial score (nSPS) is 19.6. The van der Waals surface area contributed by atoms with Gasteiger partial charge in [-0.25, -0.2) is 0 Å². The molecule has 0 fully saturated rings. The zero-order valence-corrected chi connectivity index (χ0v) is 11.3. The zero-order chi connectivity index (χ0) is 16.1. The molecule has 0 aliphatic heterocycles. The monoisotopic (exact) mass is 307 g/mol. The van der Waals surface area contributed by atoms with Crippen molar-refractivity contribution < 1.29 is 23.1 Å². The molecule has 1 unspecified atom stereocenters. The molecule has 0 heterocycles. The van der Waals surface area contributed by atoms with E-state index >= 15 is 0 Å². The molecule has 1 atom stereocenters. The lowest BCUT2D eigenvalue weighted by Crippen LogP contribution is -2.41. The van der Waals surface area contributed by atoms with E-state index in [1.807, 2.05) is 0 Å². The Morgan fingerprint density at radius 2 is 1.73 bits per heavy atom. The fraction of sp³-hybridized carbons (Fsp3) is 0.188. The van der Waals surface area contributed by atoms with Crippen molar-refractivity contribution in [2.24, 2.45) is 5.73 Å². The number of halogens is 3. The second-order valence-corrected chi connectivity index (χ2v) is 5.28. The highest BCUT2D eigenvalue weighted by Gasteiger charge is 2.60. The first-order valence-electron chi connectivity index (χ1n) is 6.56. The minimum Gasteiger partial charge on any atom is -0.372 e. The van der Waals surface area contributed by atoms with Crippen LogP contribution in [0.15, 0.2) is 42.5 Å². The van der Waals surface area contributed by atoms with Gasteiger partial charge in [0.2, 0.25) is 11.5 Å². The van der Waals surface area contributed by atoms with Crippen LogP contribution < -0.4 is 5.73 Å². The number of amides is 1. The topological polar surface area (TPSA) is 63.3 Å². The van der Waals surface area contributed by atoms with E-state index in [0.717, 1.165) is 0 Å². The van der Waals surface area contributed by atoms with E-state index in [-0.39, 0.29) is 17.5 Å². The van der Waals surface area contributed by atoms with Gasteiger partial charge < -0.3 is 10.8 Å². The van der Waals surface area contributed by atoms with Crippen molar-refractivity contribution in [3.8, 4) is 11.1 Å². The summed E-state index contributed by atoms with van der Waals surface area (Å²) in [5.41, 5.74) is 2.52. The molecule has 1 aliphatic carbocycles. The lowest BCUT2D eigenvalue weighted by Gasteiger charge is -2.28. The first kappa shape index (κ1) is 14.6. The number of aliphatic hydroxyl groups is 1. The lowest BCUT2D eigenvalue weighted by molar-refractivity contribution is -0.246. The predicted molar refractivity (Wildman–Crippen MR) is 73.8 cm³/mol. The smallest absolute Gasteiger partial charge is 0.372 e. The SMILES string of the molecule is NC(=O)Cc1ccc2c(c1)C(O)(C(F)(F)F)c1ccccc1-2. The Bertz CT molecular complexity index is 770. The Kier molecular flexibility index (Phi) is 3.04. The molecule has 1 aliphatic rings. The van der Waals surface area contributed by atoms with Crippen LogP contribution in [0.2, 0.25) is 0 Å². The molecular weight excluding hydrogens is 295 g/mol. The largest absolute Gasteiger partial charge is 0.425 e. The van der Waals surface area contributed by atoms with Gasteiger partial charge in [-0.15, -0.1) is 0 Å². The van der Waals surface area contributed by atoms with E-state index < -0.39 is 17.7 Å². The zero-order valence-electron chi connectivity index (χ0n) is 11.3. The van der Waals surface area contributed by atoms with Crippen molar-refractivity contribution >= 4 is 5.91 Å². The average Bonchev–Trinajstić information content (AvgIpc) is 2.69. The van der Waals surface area contributed by atoms with Gasteiger partial charge in [-0.1, -0.05) is 42.5 Å². The summed E-state index contributed by atoms with van der Waals surface area (Å²) in [7, 11) is 0. The molecular formula is C16H12F3NO2. The van der Waals surface area contributed by atoms with Crippen LogP contribution in [0.25, 0.3) is 11.1 Å². The predicted octanol–water partition coefficient (Wildman–Crippen LogP) is 2.49. The Balaban J connectivity index is 2.28. The molecule has 2 aromatic carbocycles. The Morgan fingerprint density at radius 3 is 2.36 bits per heavy atom. The number of hydrogen-bond donors (Lipinski definition) is 2. The van der Waals surface area contributed by atoms with Gasteiger partial charge in [0.25, 0.3) is 0 Å². The molecule has 3 N–H and O–H groups in total. The number of benzene rings is 2. The average molecular weight is 307 g/mol. The second kappa shape index (κ2) is 4.58. The van der Waals surface area contributed by atoms with Crippen LogP contribution in [0, 0.1) is 0 Å². The second-order valence-electron chi connectivity index (χ2n) is 5.28. The fourth-order valence-corrected chi connectivity index (χ4v) is 2.92. The maximum absolute atomic E-state index is 13.6. The van der Waals surface area contributed by atoms with Crippen LogP contribution in [0.1, 0.15) is 16.7 Å². The number of carbonyl (C=O) groups is 1. The molecule has 2 aromatic rings. The summed E-state index contributed by atoms with van der Waals surface area (Å²) in [6, 6.07) is 10.1. The molecule has 0 bridgehead atoms. The molecule has 0 saturated carbocycles. The Labute approximate surface area is 124 Å². The highest BCUT2D eigenvalue weighted by atomic mass is 19.4. The van der Waals surface area contributed by atoms with Crippen LogP contribution in [-0.2, 0) is 16.8 Å². The van der Waals surface area contributed by atoms with Crippen molar-refractivity contribution in [2.75, 3.05) is 0 Å². The van der Waals surface area contributed by atoms with Crippen molar-refractivity contribution in [2.45, 2.75) is 18.2 Å². The molecule has 0 aromatic heterocycles. The Hall–Kier alpha value is -2.34. The molecule has 0 spiro atoms. The number of primary amides is 1. The van der Waals surface area contributed by atoms with Crippen LogP contribution in [0.5, 0.6) is 0 Å². The van der Waals surface area contributed by atoms with Gasteiger partial charge in [0, 0.05) is 11.1 Å². The van der Waals surface area contributed by atoms with Crippen molar-refractivity contribution in [1.82, 2.24) is 0 Å². The maximum Gasteiger partial charge on any atom is 0.425 e. The van der Waals surface area contributed by atoms with Crippen LogP contribution >= 0.6 is 0 Å². The summed E-state index contributed by atoms with van der Waals surface area (Å²) >= 11 is 0. The standard InChI is InChI=1S/C16H12F3NO2/c17-16(18,19)15(22)12-4-2-1-3-10(12)11-6-5-9(7-13(11)15)8-14(20)21/h1-7,22H,8H2,(H2,20,21). The number of fused-ring (bicyclic) bond motifs is 3.